The van der Waals surface area contributed by atoms with Gasteiger partial charge < -0.3 is 11.5 Å². The third kappa shape index (κ3) is 32.6. The molecule has 2 nitrogen and oxygen atoms in total. The fraction of sp³-hybridized carbons (Fsp3) is 1.00. The molecule has 0 aliphatic carbocycles. The first kappa shape index (κ1) is 29.7. The molecule has 0 aliphatic rings. The molecule has 0 radical (unpaired) electrons. The standard InChI is InChI=1S/C2H6N2.4Na/c3-1-2-4;;;;/h3-4H,1-2H2;;;;/q-2;4*+1. The Morgan fingerprint density at radius 1 is 0.625 bits per heavy atom. The molecule has 0 aliphatic heterocycles. The first-order valence-corrected chi connectivity index (χ1v) is 1.21. The number of nitrogens with one attached hydrogen (secondary N) is 2. The van der Waals surface area contributed by atoms with Crippen molar-refractivity contribution in [1.82, 2.24) is 0 Å². The maximum atomic E-state index is 6.26. The number of rotatable bonds is 1. The molecule has 0 heterocycles. The van der Waals surface area contributed by atoms with Crippen LogP contribution in [0.2, 0.25) is 0 Å². The molecule has 0 aromatic heterocycles. The van der Waals surface area contributed by atoms with Crippen molar-refractivity contribution in [3.05, 3.63) is 11.5 Å². The predicted octanol–water partition coefficient (Wildman–Crippen LogP) is -10.9. The van der Waals surface area contributed by atoms with Crippen LogP contribution in [0, 0.1) is 0 Å². The number of hydrogen-bond donors (Lipinski definition) is 0. The van der Waals surface area contributed by atoms with Crippen molar-refractivity contribution < 1.29 is 118 Å². The summed E-state index contributed by atoms with van der Waals surface area (Å²) in [6.45, 7) is 0.472. The van der Waals surface area contributed by atoms with Crippen LogP contribution in [0.15, 0.2) is 0 Å². The summed E-state index contributed by atoms with van der Waals surface area (Å²) in [5.74, 6) is 0. The fourth-order valence-corrected chi connectivity index (χ4v) is 0. The van der Waals surface area contributed by atoms with Crippen LogP contribution in [-0.4, -0.2) is 13.1 Å². The van der Waals surface area contributed by atoms with E-state index in [9.17, 15) is 0 Å². The molecule has 0 amide bonds. The van der Waals surface area contributed by atoms with Gasteiger partial charge in [0.05, 0.1) is 0 Å². The van der Waals surface area contributed by atoms with Gasteiger partial charge in [0.15, 0.2) is 0 Å². The summed E-state index contributed by atoms with van der Waals surface area (Å²) in [4.78, 5) is 0. The minimum atomic E-state index is 0. The summed E-state index contributed by atoms with van der Waals surface area (Å²) < 4.78 is 0. The summed E-state index contributed by atoms with van der Waals surface area (Å²) in [5, 5.41) is 0. The van der Waals surface area contributed by atoms with Gasteiger partial charge in [0, 0.05) is 0 Å². The average molecular weight is 150 g/mol. The van der Waals surface area contributed by atoms with Crippen LogP contribution >= 0.6 is 0 Å². The van der Waals surface area contributed by atoms with Gasteiger partial charge in [-0.3, -0.25) is 0 Å². The molecule has 0 bridgehead atoms. The van der Waals surface area contributed by atoms with Crippen LogP contribution in [0.5, 0.6) is 0 Å². The molecule has 0 spiro atoms. The summed E-state index contributed by atoms with van der Waals surface area (Å²) in [7, 11) is 0. The molecular formula is C2H6N2Na4+2. The zero-order valence-corrected chi connectivity index (χ0v) is 14.4. The molecule has 26 valence electrons. The maximum absolute atomic E-state index is 6.26. The largest absolute Gasteiger partial charge is 1.00 e. The average Bonchev–Trinajstić information content (AvgIpc) is 1.37. The minimum absolute atomic E-state index is 0. The van der Waals surface area contributed by atoms with Gasteiger partial charge in [-0.05, 0) is 0 Å². The summed E-state index contributed by atoms with van der Waals surface area (Å²) in [6.07, 6.45) is 0. The van der Waals surface area contributed by atoms with Crippen LogP contribution in [0.1, 0.15) is 0 Å². The third-order valence-corrected chi connectivity index (χ3v) is 0.125. The van der Waals surface area contributed by atoms with Gasteiger partial charge in [-0.25, -0.2) is 0 Å². The van der Waals surface area contributed by atoms with Gasteiger partial charge in [0.25, 0.3) is 0 Å². The van der Waals surface area contributed by atoms with Crippen LogP contribution in [-0.2, 0) is 0 Å². The van der Waals surface area contributed by atoms with Crippen LogP contribution in [0.4, 0.5) is 0 Å². The predicted molar refractivity (Wildman–Crippen MR) is 18.4 cm³/mol. The van der Waals surface area contributed by atoms with Crippen LogP contribution < -0.4 is 118 Å². The number of hydrogen-bond acceptors (Lipinski definition) is 0. The zero-order chi connectivity index (χ0) is 3.41. The van der Waals surface area contributed by atoms with Crippen molar-refractivity contribution in [3.63, 3.8) is 0 Å². The van der Waals surface area contributed by atoms with Crippen molar-refractivity contribution in [2.75, 3.05) is 13.1 Å². The van der Waals surface area contributed by atoms with E-state index in [2.05, 4.69) is 0 Å². The van der Waals surface area contributed by atoms with E-state index < -0.39 is 0 Å². The molecule has 8 heavy (non-hydrogen) atoms. The SMILES string of the molecule is [NH-]CC[NH-].[Na+].[Na+].[Na+].[Na+]. The van der Waals surface area contributed by atoms with Crippen molar-refractivity contribution in [1.29, 1.82) is 0 Å². The molecule has 0 saturated heterocycles. The van der Waals surface area contributed by atoms with Gasteiger partial charge in [-0.15, -0.1) is 0 Å². The Morgan fingerprint density at radius 3 is 0.750 bits per heavy atom. The van der Waals surface area contributed by atoms with E-state index in [4.69, 9.17) is 11.5 Å². The third-order valence-electron chi connectivity index (χ3n) is 0.125. The van der Waals surface area contributed by atoms with Crippen molar-refractivity contribution in [3.8, 4) is 0 Å². The minimum Gasteiger partial charge on any atom is -0.679 e. The van der Waals surface area contributed by atoms with E-state index in [0.717, 1.165) is 0 Å². The smallest absolute Gasteiger partial charge is 0.679 e. The molecule has 0 aromatic rings. The Hall–Kier alpha value is 3.92. The monoisotopic (exact) mass is 150 g/mol. The second-order valence-electron chi connectivity index (χ2n) is 0.500. The Labute approximate surface area is 139 Å². The van der Waals surface area contributed by atoms with Gasteiger partial charge in [0.1, 0.15) is 0 Å². The van der Waals surface area contributed by atoms with E-state index >= 15 is 0 Å². The van der Waals surface area contributed by atoms with E-state index in [1.807, 2.05) is 0 Å². The van der Waals surface area contributed by atoms with E-state index in [1.165, 1.54) is 0 Å². The molecule has 0 rings (SSSR count). The molecule has 6 heteroatoms. The molecule has 0 aromatic carbocycles. The zero-order valence-electron chi connectivity index (χ0n) is 6.41. The summed E-state index contributed by atoms with van der Waals surface area (Å²) in [5.41, 5.74) is 12.5. The van der Waals surface area contributed by atoms with Crippen LogP contribution in [0.3, 0.4) is 0 Å². The molecular weight excluding hydrogens is 144 g/mol. The maximum Gasteiger partial charge on any atom is 1.00 e. The van der Waals surface area contributed by atoms with Crippen molar-refractivity contribution >= 4 is 0 Å². The van der Waals surface area contributed by atoms with E-state index in [1.54, 1.807) is 0 Å². The Morgan fingerprint density at radius 2 is 0.750 bits per heavy atom. The van der Waals surface area contributed by atoms with Gasteiger partial charge in [-0.2, -0.15) is 13.1 Å². The molecule has 0 saturated carbocycles. The second-order valence-corrected chi connectivity index (χ2v) is 0.500. The molecule has 0 unspecified atom stereocenters. The van der Waals surface area contributed by atoms with Gasteiger partial charge >= 0.3 is 118 Å². The quantitative estimate of drug-likeness (QED) is 0.333. The fourth-order valence-electron chi connectivity index (χ4n) is 0. The molecule has 0 atom stereocenters. The van der Waals surface area contributed by atoms with Gasteiger partial charge in [-0.1, -0.05) is 0 Å². The Bertz CT molecular complexity index is 14.0. The van der Waals surface area contributed by atoms with Crippen molar-refractivity contribution in [2.45, 2.75) is 0 Å². The second kappa shape index (κ2) is 30.7. The van der Waals surface area contributed by atoms with E-state index in [0.29, 0.717) is 0 Å². The first-order valence-electron chi connectivity index (χ1n) is 1.21. The van der Waals surface area contributed by atoms with Crippen LogP contribution in [0.25, 0.3) is 11.5 Å². The summed E-state index contributed by atoms with van der Waals surface area (Å²) in [6, 6.07) is 0. The first-order chi connectivity index (χ1) is 1.91. The van der Waals surface area contributed by atoms with Crippen molar-refractivity contribution in [2.24, 2.45) is 0 Å². The Balaban J connectivity index is -0.00000000750. The normalized spacial score (nSPS) is 3.75. The Kier molecular flexibility index (Phi) is 114. The molecule has 0 fully saturated rings. The summed E-state index contributed by atoms with van der Waals surface area (Å²) >= 11 is 0. The van der Waals surface area contributed by atoms with Gasteiger partial charge in [0.2, 0.25) is 0 Å². The van der Waals surface area contributed by atoms with E-state index in [-0.39, 0.29) is 131 Å². The molecule has 2 N–H and O–H groups in total. The topological polar surface area (TPSA) is 47.6 Å².